The maximum atomic E-state index is 12.7. The highest BCUT2D eigenvalue weighted by Crippen LogP contribution is 2.16. The predicted molar refractivity (Wildman–Crippen MR) is 108 cm³/mol. The van der Waals surface area contributed by atoms with E-state index >= 15 is 0 Å². The summed E-state index contributed by atoms with van der Waals surface area (Å²) in [4.78, 5) is 28.2. The van der Waals surface area contributed by atoms with Crippen LogP contribution in [0.1, 0.15) is 57.1 Å². The Bertz CT molecular complexity index is 607. The van der Waals surface area contributed by atoms with Gasteiger partial charge in [0.05, 0.1) is 0 Å². The van der Waals surface area contributed by atoms with Crippen molar-refractivity contribution in [3.8, 4) is 0 Å². The largest absolute Gasteiger partial charge is 0.352 e. The summed E-state index contributed by atoms with van der Waals surface area (Å²) in [5.41, 5.74) is 7.90. The van der Waals surface area contributed by atoms with E-state index in [-0.39, 0.29) is 5.91 Å². The Hall–Kier alpha value is -2.08. The topological polar surface area (TPSA) is 78.7 Å². The average molecular weight is 375 g/mol. The lowest BCUT2D eigenvalue weighted by Crippen LogP contribution is -2.55. The lowest BCUT2D eigenvalue weighted by Gasteiger charge is -2.36. The Morgan fingerprint density at radius 2 is 1.74 bits per heavy atom. The molecule has 3 N–H and O–H groups in total. The fourth-order valence-corrected chi connectivity index (χ4v) is 3.45. The van der Waals surface area contributed by atoms with Crippen LogP contribution in [0.25, 0.3) is 0 Å². The summed E-state index contributed by atoms with van der Waals surface area (Å²) in [6.45, 7) is 10.4. The van der Waals surface area contributed by atoms with Crippen LogP contribution in [0.4, 0.5) is 4.79 Å². The number of unbranched alkanes of at least 4 members (excludes halogenated alkanes) is 1. The molecule has 6 nitrogen and oxygen atoms in total. The molecular formula is C21H34N4O2. The molecule has 1 aliphatic heterocycles. The summed E-state index contributed by atoms with van der Waals surface area (Å²) in [5, 5.41) is 2.61. The monoisotopic (exact) mass is 374 g/mol. The van der Waals surface area contributed by atoms with Gasteiger partial charge < -0.3 is 16.0 Å². The number of carbonyl (C=O) groups excluding carboxylic acids is 2. The van der Waals surface area contributed by atoms with Gasteiger partial charge in [0, 0.05) is 32.7 Å². The zero-order chi connectivity index (χ0) is 19.8. The highest BCUT2D eigenvalue weighted by molar-refractivity contribution is 5.86. The molecule has 2 rings (SSSR count). The zero-order valence-corrected chi connectivity index (χ0v) is 16.9. The van der Waals surface area contributed by atoms with Crippen LogP contribution in [0.5, 0.6) is 0 Å². The zero-order valence-electron chi connectivity index (χ0n) is 16.9. The van der Waals surface area contributed by atoms with Gasteiger partial charge in [-0.05, 0) is 23.5 Å². The third-order valence-corrected chi connectivity index (χ3v) is 5.20. The van der Waals surface area contributed by atoms with Crippen molar-refractivity contribution < 1.29 is 9.59 Å². The third kappa shape index (κ3) is 6.54. The van der Waals surface area contributed by atoms with E-state index in [4.69, 9.17) is 5.73 Å². The molecule has 0 bridgehead atoms. The summed E-state index contributed by atoms with van der Waals surface area (Å²) in [6.07, 6.45) is 2.51. The summed E-state index contributed by atoms with van der Waals surface area (Å²) in [5.74, 6) is 0.534. The molecule has 27 heavy (non-hydrogen) atoms. The van der Waals surface area contributed by atoms with Gasteiger partial charge in [-0.3, -0.25) is 9.69 Å². The molecule has 0 aromatic heterocycles. The molecule has 1 aliphatic rings. The minimum absolute atomic E-state index is 0.0109. The Morgan fingerprint density at radius 1 is 1.11 bits per heavy atom. The summed E-state index contributed by atoms with van der Waals surface area (Å²) in [6, 6.07) is 7.67. The first-order valence-electron chi connectivity index (χ1n) is 10.1. The molecule has 3 amide bonds. The molecule has 1 aromatic carbocycles. The molecule has 0 radical (unpaired) electrons. The number of rotatable bonds is 8. The molecule has 1 heterocycles. The summed E-state index contributed by atoms with van der Waals surface area (Å²) >= 11 is 0. The molecule has 0 saturated carbocycles. The summed E-state index contributed by atoms with van der Waals surface area (Å²) < 4.78 is 0. The number of benzene rings is 1. The minimum Gasteiger partial charge on any atom is -0.352 e. The van der Waals surface area contributed by atoms with Gasteiger partial charge in [0.2, 0.25) is 5.91 Å². The van der Waals surface area contributed by atoms with E-state index in [9.17, 15) is 9.59 Å². The number of nitrogens with zero attached hydrogens (tertiary/aromatic N) is 2. The van der Waals surface area contributed by atoms with Gasteiger partial charge in [0.1, 0.15) is 6.04 Å². The van der Waals surface area contributed by atoms with E-state index in [1.54, 1.807) is 0 Å². The van der Waals surface area contributed by atoms with Gasteiger partial charge in [0.25, 0.3) is 0 Å². The second-order valence-corrected chi connectivity index (χ2v) is 7.70. The molecular weight excluding hydrogens is 340 g/mol. The molecule has 1 unspecified atom stereocenters. The van der Waals surface area contributed by atoms with E-state index in [1.807, 2.05) is 4.90 Å². The maximum Gasteiger partial charge on any atom is 0.312 e. The van der Waals surface area contributed by atoms with Gasteiger partial charge in [-0.15, -0.1) is 0 Å². The SMILES string of the molecule is CCCCC(NC(N)=O)C(=O)N1CCN(Cc2ccc(C(C)C)cc2)CC1. The van der Waals surface area contributed by atoms with Crippen molar-refractivity contribution in [3.05, 3.63) is 35.4 Å². The second-order valence-electron chi connectivity index (χ2n) is 7.70. The fraction of sp³-hybridized carbons (Fsp3) is 0.619. The maximum absolute atomic E-state index is 12.7. The van der Waals surface area contributed by atoms with Gasteiger partial charge in [-0.25, -0.2) is 4.79 Å². The first kappa shape index (κ1) is 21.2. The first-order chi connectivity index (χ1) is 12.9. The Morgan fingerprint density at radius 3 is 2.26 bits per heavy atom. The quantitative estimate of drug-likeness (QED) is 0.734. The number of piperazine rings is 1. The number of hydrogen-bond donors (Lipinski definition) is 2. The smallest absolute Gasteiger partial charge is 0.312 e. The van der Waals surface area contributed by atoms with Crippen LogP contribution in [0, 0.1) is 0 Å². The average Bonchev–Trinajstić information content (AvgIpc) is 2.65. The lowest BCUT2D eigenvalue weighted by atomic mass is 10.0. The van der Waals surface area contributed by atoms with Crippen LogP contribution in [-0.4, -0.2) is 54.0 Å². The number of carbonyl (C=O) groups is 2. The molecule has 1 aromatic rings. The van der Waals surface area contributed by atoms with E-state index < -0.39 is 12.1 Å². The van der Waals surface area contributed by atoms with Crippen molar-refractivity contribution in [3.63, 3.8) is 0 Å². The van der Waals surface area contributed by atoms with E-state index in [0.717, 1.165) is 32.5 Å². The first-order valence-corrected chi connectivity index (χ1v) is 10.1. The van der Waals surface area contributed by atoms with E-state index in [1.165, 1.54) is 11.1 Å². The predicted octanol–water partition coefficient (Wildman–Crippen LogP) is 2.68. The lowest BCUT2D eigenvalue weighted by molar-refractivity contribution is -0.135. The standard InChI is InChI=1S/C21H34N4O2/c1-4-5-6-19(23-21(22)27)20(26)25-13-11-24(12-14-25)15-17-7-9-18(10-8-17)16(2)3/h7-10,16,19H,4-6,11-15H2,1-3H3,(H3,22,23,27). The fourth-order valence-electron chi connectivity index (χ4n) is 3.45. The normalized spacial score (nSPS) is 16.4. The number of urea groups is 1. The number of primary amides is 1. The molecule has 150 valence electrons. The van der Waals surface area contributed by atoms with Crippen LogP contribution in [0.2, 0.25) is 0 Å². The molecule has 1 atom stereocenters. The highest BCUT2D eigenvalue weighted by atomic mass is 16.2. The van der Waals surface area contributed by atoms with Gasteiger partial charge in [0.15, 0.2) is 0 Å². The number of nitrogens with two attached hydrogens (primary N) is 1. The van der Waals surface area contributed by atoms with E-state index in [2.05, 4.69) is 55.3 Å². The Balaban J connectivity index is 1.85. The molecule has 0 spiro atoms. The van der Waals surface area contributed by atoms with Gasteiger partial charge >= 0.3 is 6.03 Å². The number of nitrogens with one attached hydrogen (secondary N) is 1. The van der Waals surface area contributed by atoms with E-state index in [0.29, 0.717) is 25.4 Å². The van der Waals surface area contributed by atoms with Crippen LogP contribution < -0.4 is 11.1 Å². The summed E-state index contributed by atoms with van der Waals surface area (Å²) in [7, 11) is 0. The highest BCUT2D eigenvalue weighted by Gasteiger charge is 2.27. The van der Waals surface area contributed by atoms with Crippen molar-refractivity contribution in [2.45, 2.75) is 58.5 Å². The van der Waals surface area contributed by atoms with Gasteiger partial charge in [-0.2, -0.15) is 0 Å². The van der Waals surface area contributed by atoms with Crippen LogP contribution in [-0.2, 0) is 11.3 Å². The molecule has 1 fully saturated rings. The van der Waals surface area contributed by atoms with Crippen molar-refractivity contribution in [1.29, 1.82) is 0 Å². The number of amides is 3. The minimum atomic E-state index is -0.632. The Kier molecular flexibility index (Phi) is 8.10. The second kappa shape index (κ2) is 10.3. The third-order valence-electron chi connectivity index (χ3n) is 5.20. The van der Waals surface area contributed by atoms with Gasteiger partial charge in [-0.1, -0.05) is 57.9 Å². The molecule has 1 saturated heterocycles. The van der Waals surface area contributed by atoms with Crippen molar-refractivity contribution in [2.24, 2.45) is 5.73 Å². The Labute approximate surface area is 163 Å². The van der Waals surface area contributed by atoms with Crippen molar-refractivity contribution in [1.82, 2.24) is 15.1 Å². The molecule has 6 heteroatoms. The number of hydrogen-bond acceptors (Lipinski definition) is 3. The van der Waals surface area contributed by atoms with Crippen LogP contribution >= 0.6 is 0 Å². The molecule has 0 aliphatic carbocycles. The van der Waals surface area contributed by atoms with Crippen molar-refractivity contribution >= 4 is 11.9 Å². The van der Waals surface area contributed by atoms with Crippen LogP contribution in [0.15, 0.2) is 24.3 Å². The van der Waals surface area contributed by atoms with Crippen LogP contribution in [0.3, 0.4) is 0 Å². The van der Waals surface area contributed by atoms with Crippen molar-refractivity contribution in [2.75, 3.05) is 26.2 Å².